The number of aliphatic imine (C=N–C) groups is 1. The zero-order valence-corrected chi connectivity index (χ0v) is 20.1. The van der Waals surface area contributed by atoms with Crippen LogP contribution in [0.3, 0.4) is 0 Å². The molecule has 0 saturated carbocycles. The maximum Gasteiger partial charge on any atom is 0.113 e. The number of para-hydroxylation sites is 1. The summed E-state index contributed by atoms with van der Waals surface area (Å²) < 4.78 is 6.47. The minimum Gasteiger partial charge on any atom is -0.367 e. The molecule has 0 amide bonds. The summed E-state index contributed by atoms with van der Waals surface area (Å²) in [6.07, 6.45) is 3.67. The Labute approximate surface area is 206 Å². The molecule has 2 fully saturated rings. The van der Waals surface area contributed by atoms with Gasteiger partial charge in [0.25, 0.3) is 0 Å². The van der Waals surface area contributed by atoms with Crippen molar-refractivity contribution in [2.45, 2.75) is 32.0 Å². The number of rotatable bonds is 3. The largest absolute Gasteiger partial charge is 0.367 e. The van der Waals surface area contributed by atoms with Crippen molar-refractivity contribution in [1.82, 2.24) is 10.3 Å². The molecule has 178 valence electrons. The van der Waals surface area contributed by atoms with E-state index in [1.54, 1.807) is 6.20 Å². The van der Waals surface area contributed by atoms with Gasteiger partial charge in [0.05, 0.1) is 28.6 Å². The minimum absolute atomic E-state index is 0.0645. The number of nitrogens with zero attached hydrogens (tertiary/aromatic N) is 5. The van der Waals surface area contributed by atoms with Gasteiger partial charge in [-0.15, -0.1) is 0 Å². The molecule has 0 bridgehead atoms. The van der Waals surface area contributed by atoms with E-state index in [9.17, 15) is 5.26 Å². The lowest BCUT2D eigenvalue weighted by atomic mass is 9.96. The molecule has 3 aliphatic heterocycles. The summed E-state index contributed by atoms with van der Waals surface area (Å²) in [4.78, 5) is 14.6. The highest BCUT2D eigenvalue weighted by Crippen LogP contribution is 2.38. The second-order valence-corrected chi connectivity index (χ2v) is 9.61. The van der Waals surface area contributed by atoms with E-state index in [0.29, 0.717) is 5.56 Å². The fourth-order valence-electron chi connectivity index (χ4n) is 5.62. The van der Waals surface area contributed by atoms with Crippen molar-refractivity contribution < 1.29 is 4.74 Å². The maximum atomic E-state index is 9.54. The number of piperazine rings is 1. The van der Waals surface area contributed by atoms with Crippen molar-refractivity contribution in [3.63, 3.8) is 0 Å². The zero-order valence-electron chi connectivity index (χ0n) is 20.1. The predicted octanol–water partition coefficient (Wildman–Crippen LogP) is 3.83. The van der Waals surface area contributed by atoms with Crippen LogP contribution in [0.15, 0.2) is 53.7 Å². The summed E-state index contributed by atoms with van der Waals surface area (Å²) in [5.41, 5.74) is 7.29. The molecule has 2 atom stereocenters. The second kappa shape index (κ2) is 9.29. The van der Waals surface area contributed by atoms with Gasteiger partial charge in [-0.2, -0.15) is 5.26 Å². The molecule has 7 heteroatoms. The minimum atomic E-state index is -0.0645. The van der Waals surface area contributed by atoms with Crippen molar-refractivity contribution >= 4 is 33.7 Å². The summed E-state index contributed by atoms with van der Waals surface area (Å²) in [6, 6.07) is 16.8. The summed E-state index contributed by atoms with van der Waals surface area (Å²) >= 11 is 0. The van der Waals surface area contributed by atoms with E-state index in [0.717, 1.165) is 80.1 Å². The van der Waals surface area contributed by atoms with Crippen molar-refractivity contribution in [1.29, 1.82) is 5.26 Å². The number of aryl methyl sites for hydroxylation is 1. The molecule has 0 aliphatic carbocycles. The van der Waals surface area contributed by atoms with Crippen molar-refractivity contribution in [2.75, 3.05) is 49.1 Å². The molecular weight excluding hydrogens is 436 g/mol. The lowest BCUT2D eigenvalue weighted by Gasteiger charge is -2.40. The van der Waals surface area contributed by atoms with Gasteiger partial charge in [-0.25, -0.2) is 0 Å². The van der Waals surface area contributed by atoms with E-state index in [1.165, 1.54) is 11.3 Å². The Balaban J connectivity index is 1.33. The molecule has 0 radical (unpaired) electrons. The number of aromatic nitrogens is 1. The first-order chi connectivity index (χ1) is 17.2. The van der Waals surface area contributed by atoms with Gasteiger partial charge < -0.3 is 19.9 Å². The van der Waals surface area contributed by atoms with E-state index in [-0.39, 0.29) is 12.2 Å². The quantitative estimate of drug-likeness (QED) is 0.632. The van der Waals surface area contributed by atoms with Gasteiger partial charge in [-0.3, -0.25) is 9.98 Å². The van der Waals surface area contributed by atoms with E-state index in [2.05, 4.69) is 63.4 Å². The number of hydrogen-bond acceptors (Lipinski definition) is 7. The van der Waals surface area contributed by atoms with Crippen molar-refractivity contribution in [3.8, 4) is 6.07 Å². The number of ether oxygens (including phenoxy) is 1. The number of nitriles is 1. The molecule has 35 heavy (non-hydrogen) atoms. The van der Waals surface area contributed by atoms with Crippen LogP contribution >= 0.6 is 0 Å². The molecule has 0 unspecified atom stereocenters. The van der Waals surface area contributed by atoms with Crippen LogP contribution < -0.4 is 15.1 Å². The van der Waals surface area contributed by atoms with Gasteiger partial charge in [0, 0.05) is 62.3 Å². The Bertz CT molecular complexity index is 1320. The monoisotopic (exact) mass is 466 g/mol. The first kappa shape index (κ1) is 22.0. The zero-order chi connectivity index (χ0) is 23.8. The Morgan fingerprint density at radius 2 is 1.89 bits per heavy atom. The standard InChI is InChI=1S/C28H30N6O/c1-19-17-34(24-10-8-21(16-29)27-22(24)5-3-11-31-27)18-26(35-19)23-9-7-20-4-2-6-25(28(20)32-23)33-14-12-30-13-15-33/h2-6,8,10-11,19,26,30H,7,9,12-15,17-18H2,1H3/t19-,26-/m1/s1. The number of nitrogens with one attached hydrogen (secondary N) is 1. The van der Waals surface area contributed by atoms with Crippen LogP contribution in [0.4, 0.5) is 17.1 Å². The van der Waals surface area contributed by atoms with E-state index in [1.807, 2.05) is 12.1 Å². The number of benzene rings is 2. The Morgan fingerprint density at radius 3 is 2.74 bits per heavy atom. The molecule has 2 saturated heterocycles. The van der Waals surface area contributed by atoms with Crippen LogP contribution in [0.2, 0.25) is 0 Å². The third-order valence-electron chi connectivity index (χ3n) is 7.30. The number of hydrogen-bond donors (Lipinski definition) is 1. The number of morpholine rings is 1. The van der Waals surface area contributed by atoms with Crippen LogP contribution in [0.25, 0.3) is 10.9 Å². The fraction of sp³-hybridized carbons (Fsp3) is 0.393. The molecule has 2 aromatic carbocycles. The Kier molecular flexibility index (Phi) is 5.85. The van der Waals surface area contributed by atoms with Gasteiger partial charge in [0.1, 0.15) is 12.2 Å². The van der Waals surface area contributed by atoms with Crippen LogP contribution in [0, 0.1) is 11.3 Å². The molecule has 4 heterocycles. The summed E-state index contributed by atoms with van der Waals surface area (Å²) in [6.45, 7) is 7.69. The molecule has 0 spiro atoms. The summed E-state index contributed by atoms with van der Waals surface area (Å²) in [5.74, 6) is 0. The average Bonchev–Trinajstić information content (AvgIpc) is 2.92. The highest BCUT2D eigenvalue weighted by atomic mass is 16.5. The molecule has 3 aliphatic rings. The van der Waals surface area contributed by atoms with Crippen LogP contribution in [-0.4, -0.2) is 62.2 Å². The predicted molar refractivity (Wildman–Crippen MR) is 140 cm³/mol. The first-order valence-electron chi connectivity index (χ1n) is 12.5. The van der Waals surface area contributed by atoms with Crippen LogP contribution in [0.1, 0.15) is 24.5 Å². The molecular formula is C28H30N6O. The smallest absolute Gasteiger partial charge is 0.113 e. The number of pyridine rings is 1. The Hall–Kier alpha value is -3.47. The van der Waals surface area contributed by atoms with E-state index >= 15 is 0 Å². The third-order valence-corrected chi connectivity index (χ3v) is 7.30. The average molecular weight is 467 g/mol. The lowest BCUT2D eigenvalue weighted by molar-refractivity contribution is 0.0196. The lowest BCUT2D eigenvalue weighted by Crippen LogP contribution is -2.50. The third kappa shape index (κ3) is 4.13. The van der Waals surface area contributed by atoms with Crippen LogP contribution in [0.5, 0.6) is 0 Å². The summed E-state index contributed by atoms with van der Waals surface area (Å²) in [7, 11) is 0. The van der Waals surface area contributed by atoms with E-state index in [4.69, 9.17) is 9.73 Å². The summed E-state index contributed by atoms with van der Waals surface area (Å²) in [5, 5.41) is 14.0. The normalized spacial score (nSPS) is 22.5. The number of fused-ring (bicyclic) bond motifs is 2. The highest BCUT2D eigenvalue weighted by Gasteiger charge is 2.32. The van der Waals surface area contributed by atoms with Gasteiger partial charge in [-0.1, -0.05) is 12.1 Å². The highest BCUT2D eigenvalue weighted by molar-refractivity contribution is 5.97. The van der Waals surface area contributed by atoms with Gasteiger partial charge >= 0.3 is 0 Å². The first-order valence-corrected chi connectivity index (χ1v) is 12.5. The second-order valence-electron chi connectivity index (χ2n) is 9.61. The molecule has 7 nitrogen and oxygen atoms in total. The van der Waals surface area contributed by atoms with E-state index < -0.39 is 0 Å². The van der Waals surface area contributed by atoms with Crippen LogP contribution in [-0.2, 0) is 11.2 Å². The Morgan fingerprint density at radius 1 is 1.00 bits per heavy atom. The van der Waals surface area contributed by atoms with Crippen molar-refractivity contribution in [2.24, 2.45) is 4.99 Å². The fourth-order valence-corrected chi connectivity index (χ4v) is 5.62. The van der Waals surface area contributed by atoms with Gasteiger partial charge in [-0.05, 0) is 55.7 Å². The maximum absolute atomic E-state index is 9.54. The molecule has 1 aromatic heterocycles. The topological polar surface area (TPSA) is 76.8 Å². The number of anilines is 2. The molecule has 6 rings (SSSR count). The van der Waals surface area contributed by atoms with Gasteiger partial charge in [0.15, 0.2) is 0 Å². The molecule has 1 N–H and O–H groups in total. The SMILES string of the molecule is C[C@@H]1CN(c2ccc(C#N)c3ncccc23)C[C@H](C2=Nc3c(cccc3N3CCNCC3)CC2)O1. The van der Waals surface area contributed by atoms with Gasteiger partial charge in [0.2, 0.25) is 0 Å². The van der Waals surface area contributed by atoms with Crippen molar-refractivity contribution in [3.05, 3.63) is 59.8 Å². The molecule has 3 aromatic rings.